The van der Waals surface area contributed by atoms with Gasteiger partial charge in [-0.3, -0.25) is 20.2 Å². The Balaban J connectivity index is 2.57. The van der Waals surface area contributed by atoms with Gasteiger partial charge in [0.2, 0.25) is 5.91 Å². The van der Waals surface area contributed by atoms with Crippen LogP contribution in [0.4, 0.5) is 5.69 Å². The molecule has 0 saturated heterocycles. The van der Waals surface area contributed by atoms with Crippen molar-refractivity contribution >= 4 is 35.0 Å². The molecule has 0 aliphatic heterocycles. The number of thiocarbonyl (C=S) groups is 1. The predicted octanol–water partition coefficient (Wildman–Crippen LogP) is 2.01. The lowest BCUT2D eigenvalue weighted by atomic mass is 10.2. The molecule has 0 unspecified atom stereocenters. The summed E-state index contributed by atoms with van der Waals surface area (Å²) >= 11 is 4.93. The van der Waals surface area contributed by atoms with Gasteiger partial charge in [0.25, 0.3) is 5.69 Å². The second-order valence-electron chi connectivity index (χ2n) is 4.30. The normalized spacial score (nSPS) is 10.6. The van der Waals surface area contributed by atoms with Crippen molar-refractivity contribution in [1.29, 1.82) is 0 Å². The zero-order valence-electron chi connectivity index (χ0n) is 11.1. The SMILES string of the molecule is CC(C)NC(=S)NC(=O)/C=C/c1ccc([N+](=O)[O-])cc1. The van der Waals surface area contributed by atoms with E-state index in [1.807, 2.05) is 13.8 Å². The number of carbonyl (C=O) groups excluding carboxylic acids is 1. The Hall–Kier alpha value is -2.28. The molecule has 1 aromatic rings. The van der Waals surface area contributed by atoms with E-state index in [-0.39, 0.29) is 22.7 Å². The maximum Gasteiger partial charge on any atom is 0.269 e. The molecule has 7 heteroatoms. The van der Waals surface area contributed by atoms with E-state index in [2.05, 4.69) is 10.6 Å². The van der Waals surface area contributed by atoms with Crippen molar-refractivity contribution in [3.63, 3.8) is 0 Å². The Bertz CT molecular complexity index is 538. The summed E-state index contributed by atoms with van der Waals surface area (Å²) in [5.74, 6) is -0.360. The molecule has 1 amide bonds. The fourth-order valence-electron chi connectivity index (χ4n) is 1.33. The minimum atomic E-state index is -0.476. The van der Waals surface area contributed by atoms with Crippen molar-refractivity contribution in [3.05, 3.63) is 46.0 Å². The topological polar surface area (TPSA) is 84.3 Å². The molecule has 0 atom stereocenters. The minimum absolute atomic E-state index is 0.00825. The number of nitro benzene ring substituents is 1. The zero-order valence-corrected chi connectivity index (χ0v) is 11.9. The largest absolute Gasteiger partial charge is 0.360 e. The molecule has 1 aromatic carbocycles. The third kappa shape index (κ3) is 5.57. The monoisotopic (exact) mass is 293 g/mol. The molecule has 6 nitrogen and oxygen atoms in total. The lowest BCUT2D eigenvalue weighted by Crippen LogP contribution is -2.41. The zero-order chi connectivity index (χ0) is 15.1. The van der Waals surface area contributed by atoms with Gasteiger partial charge in [-0.05, 0) is 49.8 Å². The van der Waals surface area contributed by atoms with Crippen LogP contribution in [0, 0.1) is 10.1 Å². The van der Waals surface area contributed by atoms with Crippen LogP contribution in [0.5, 0.6) is 0 Å². The molecule has 0 saturated carbocycles. The summed E-state index contributed by atoms with van der Waals surface area (Å²) in [5, 5.41) is 16.1. The van der Waals surface area contributed by atoms with Gasteiger partial charge >= 0.3 is 0 Å². The number of benzene rings is 1. The molecule has 0 aliphatic carbocycles. The fraction of sp³-hybridized carbons (Fsp3) is 0.231. The average Bonchev–Trinajstić information content (AvgIpc) is 2.35. The highest BCUT2D eigenvalue weighted by Crippen LogP contribution is 2.12. The molecule has 0 fully saturated rings. The molecule has 0 aliphatic rings. The highest BCUT2D eigenvalue weighted by Gasteiger charge is 2.04. The van der Waals surface area contributed by atoms with Crippen LogP contribution >= 0.6 is 12.2 Å². The third-order valence-corrected chi connectivity index (χ3v) is 2.41. The molecule has 0 radical (unpaired) electrons. The number of carbonyl (C=O) groups is 1. The quantitative estimate of drug-likeness (QED) is 0.384. The Morgan fingerprint density at radius 3 is 2.45 bits per heavy atom. The number of hydrogen-bond acceptors (Lipinski definition) is 4. The first kappa shape index (κ1) is 15.8. The van der Waals surface area contributed by atoms with Crippen LogP contribution in [-0.2, 0) is 4.79 Å². The fourth-order valence-corrected chi connectivity index (χ4v) is 1.67. The Kier molecular flexibility index (Phi) is 5.79. The minimum Gasteiger partial charge on any atom is -0.360 e. The number of hydrogen-bond donors (Lipinski definition) is 2. The van der Waals surface area contributed by atoms with Gasteiger partial charge in [0.1, 0.15) is 0 Å². The first-order valence-corrected chi connectivity index (χ1v) is 6.33. The van der Waals surface area contributed by atoms with Crippen molar-refractivity contribution in [2.45, 2.75) is 19.9 Å². The first-order chi connectivity index (χ1) is 9.38. The summed E-state index contributed by atoms with van der Waals surface area (Å²) in [6.07, 6.45) is 2.87. The van der Waals surface area contributed by atoms with Crippen LogP contribution in [0.25, 0.3) is 6.08 Å². The molecule has 0 spiro atoms. The summed E-state index contributed by atoms with van der Waals surface area (Å²) < 4.78 is 0. The third-order valence-electron chi connectivity index (χ3n) is 2.19. The Morgan fingerprint density at radius 2 is 1.95 bits per heavy atom. The molecule has 1 rings (SSSR count). The van der Waals surface area contributed by atoms with Crippen molar-refractivity contribution in [1.82, 2.24) is 10.6 Å². The molecular formula is C13H15N3O3S. The van der Waals surface area contributed by atoms with Gasteiger partial charge in [0.15, 0.2) is 5.11 Å². The van der Waals surface area contributed by atoms with Crippen LogP contribution in [0.1, 0.15) is 19.4 Å². The standard InChI is InChI=1S/C13H15N3O3S/c1-9(2)14-13(20)15-12(17)8-5-10-3-6-11(7-4-10)16(18)19/h3-9H,1-2H3,(H2,14,15,17,20)/b8-5+. The Labute approximate surface area is 122 Å². The van der Waals surface area contributed by atoms with Crippen LogP contribution in [0.2, 0.25) is 0 Å². The molecule has 2 N–H and O–H groups in total. The second-order valence-corrected chi connectivity index (χ2v) is 4.71. The number of nitrogens with one attached hydrogen (secondary N) is 2. The lowest BCUT2D eigenvalue weighted by molar-refractivity contribution is -0.384. The lowest BCUT2D eigenvalue weighted by Gasteiger charge is -2.10. The van der Waals surface area contributed by atoms with Crippen LogP contribution < -0.4 is 10.6 Å². The van der Waals surface area contributed by atoms with E-state index >= 15 is 0 Å². The number of rotatable bonds is 4. The van der Waals surface area contributed by atoms with Crippen molar-refractivity contribution in [2.75, 3.05) is 0 Å². The summed E-state index contributed by atoms with van der Waals surface area (Å²) in [5.41, 5.74) is 0.697. The second kappa shape index (κ2) is 7.34. The van der Waals surface area contributed by atoms with Crippen LogP contribution in [-0.4, -0.2) is 22.0 Å². The summed E-state index contributed by atoms with van der Waals surface area (Å²) in [7, 11) is 0. The van der Waals surface area contributed by atoms with Gasteiger partial charge in [-0.1, -0.05) is 0 Å². The predicted molar refractivity (Wildman–Crippen MR) is 81.1 cm³/mol. The van der Waals surface area contributed by atoms with E-state index in [1.54, 1.807) is 18.2 Å². The maximum atomic E-state index is 11.5. The summed E-state index contributed by atoms with van der Waals surface area (Å²) in [6.45, 7) is 3.82. The molecule has 0 heterocycles. The van der Waals surface area contributed by atoms with E-state index in [0.717, 1.165) is 0 Å². The first-order valence-electron chi connectivity index (χ1n) is 5.92. The van der Waals surface area contributed by atoms with Gasteiger partial charge in [-0.25, -0.2) is 0 Å². The van der Waals surface area contributed by atoms with E-state index < -0.39 is 4.92 Å². The molecule has 0 bridgehead atoms. The van der Waals surface area contributed by atoms with Crippen LogP contribution in [0.15, 0.2) is 30.3 Å². The average molecular weight is 293 g/mol. The number of amides is 1. The number of nitrogens with zero attached hydrogens (tertiary/aromatic N) is 1. The molecule has 0 aromatic heterocycles. The van der Waals surface area contributed by atoms with Crippen molar-refractivity contribution in [2.24, 2.45) is 0 Å². The highest BCUT2D eigenvalue weighted by atomic mass is 32.1. The number of non-ortho nitro benzene ring substituents is 1. The van der Waals surface area contributed by atoms with Gasteiger partial charge in [0, 0.05) is 24.3 Å². The smallest absolute Gasteiger partial charge is 0.269 e. The van der Waals surface area contributed by atoms with Gasteiger partial charge in [-0.15, -0.1) is 0 Å². The maximum absolute atomic E-state index is 11.5. The van der Waals surface area contributed by atoms with Gasteiger partial charge in [-0.2, -0.15) is 0 Å². The van der Waals surface area contributed by atoms with E-state index in [4.69, 9.17) is 12.2 Å². The summed E-state index contributed by atoms with van der Waals surface area (Å²) in [6, 6.07) is 6.02. The molecule has 106 valence electrons. The van der Waals surface area contributed by atoms with Crippen molar-refractivity contribution < 1.29 is 9.72 Å². The van der Waals surface area contributed by atoms with E-state index in [9.17, 15) is 14.9 Å². The van der Waals surface area contributed by atoms with Gasteiger partial charge in [0.05, 0.1) is 4.92 Å². The Morgan fingerprint density at radius 1 is 1.35 bits per heavy atom. The number of nitro groups is 1. The molecule has 20 heavy (non-hydrogen) atoms. The highest BCUT2D eigenvalue weighted by molar-refractivity contribution is 7.80. The molecular weight excluding hydrogens is 278 g/mol. The van der Waals surface area contributed by atoms with Crippen molar-refractivity contribution in [3.8, 4) is 0 Å². The van der Waals surface area contributed by atoms with Gasteiger partial charge < -0.3 is 5.32 Å². The summed E-state index contributed by atoms with van der Waals surface area (Å²) in [4.78, 5) is 21.6. The van der Waals surface area contributed by atoms with E-state index in [0.29, 0.717) is 5.56 Å². The van der Waals surface area contributed by atoms with E-state index in [1.165, 1.54) is 18.2 Å². The van der Waals surface area contributed by atoms with Crippen LogP contribution in [0.3, 0.4) is 0 Å².